The van der Waals surface area contributed by atoms with Crippen molar-refractivity contribution in [1.29, 1.82) is 0 Å². The van der Waals surface area contributed by atoms with Crippen LogP contribution in [-0.4, -0.2) is 0 Å². The Kier molecular flexibility index (Phi) is 10.3. The van der Waals surface area contributed by atoms with E-state index in [4.69, 9.17) is 5.73 Å². The molecular weight excluding hydrogens is 242 g/mol. The minimum Gasteiger partial charge on any atom is -0.326 e. The molecule has 20 heavy (non-hydrogen) atoms. The molecule has 0 spiro atoms. The van der Waals surface area contributed by atoms with Crippen molar-refractivity contribution in [3.05, 3.63) is 35.4 Å². The summed E-state index contributed by atoms with van der Waals surface area (Å²) in [6, 6.07) is 9.33. The first kappa shape index (κ1) is 17.2. The highest BCUT2D eigenvalue weighted by atomic mass is 14.5. The molecule has 0 fully saturated rings. The molecule has 0 aliphatic heterocycles. The smallest absolute Gasteiger partial charge is 0.0181 e. The molecule has 0 saturated heterocycles. The largest absolute Gasteiger partial charge is 0.326 e. The summed E-state index contributed by atoms with van der Waals surface area (Å²) in [4.78, 5) is 0. The van der Waals surface area contributed by atoms with Crippen LogP contribution in [-0.2, 0) is 13.0 Å². The summed E-state index contributed by atoms with van der Waals surface area (Å²) in [6.45, 7) is 2.92. The maximum Gasteiger partial charge on any atom is 0.0181 e. The summed E-state index contributed by atoms with van der Waals surface area (Å²) in [5.41, 5.74) is 8.44. The van der Waals surface area contributed by atoms with Crippen LogP contribution in [0.4, 0.5) is 0 Å². The Bertz CT molecular complexity index is 332. The fourth-order valence-electron chi connectivity index (χ4n) is 2.73. The van der Waals surface area contributed by atoms with Gasteiger partial charge in [0.1, 0.15) is 0 Å². The minimum atomic E-state index is 0.643. The molecule has 0 amide bonds. The normalized spacial score (nSPS) is 10.9. The zero-order valence-electron chi connectivity index (χ0n) is 13.3. The lowest BCUT2D eigenvalue weighted by molar-refractivity contribution is 0.556. The zero-order chi connectivity index (χ0) is 14.5. The first-order valence-corrected chi connectivity index (χ1v) is 8.56. The first-order chi connectivity index (χ1) is 9.88. The van der Waals surface area contributed by atoms with Gasteiger partial charge in [-0.2, -0.15) is 0 Å². The van der Waals surface area contributed by atoms with Gasteiger partial charge in [-0.1, -0.05) is 76.8 Å². The molecular formula is C19H32N. The molecule has 1 radical (unpaired) electrons. The average molecular weight is 274 g/mol. The molecule has 1 rings (SSSR count). The monoisotopic (exact) mass is 274 g/mol. The van der Waals surface area contributed by atoms with Crippen LogP contribution in [0.15, 0.2) is 18.2 Å². The van der Waals surface area contributed by atoms with E-state index in [0.717, 1.165) is 0 Å². The van der Waals surface area contributed by atoms with Crippen LogP contribution in [0.2, 0.25) is 0 Å². The molecule has 0 aliphatic rings. The SMILES string of the molecule is CCCCCCCCCCCCc1cc[c]cc1CN. The third kappa shape index (κ3) is 7.69. The summed E-state index contributed by atoms with van der Waals surface area (Å²) < 4.78 is 0. The molecule has 0 aromatic heterocycles. The Morgan fingerprint density at radius 3 is 2.05 bits per heavy atom. The molecule has 0 bridgehead atoms. The highest BCUT2D eigenvalue weighted by molar-refractivity contribution is 5.26. The summed E-state index contributed by atoms with van der Waals surface area (Å²) in [7, 11) is 0. The van der Waals surface area contributed by atoms with Gasteiger partial charge in [-0.05, 0) is 36.1 Å². The Balaban J connectivity index is 1.97. The second-order valence-electron chi connectivity index (χ2n) is 5.83. The Labute approximate surface area is 126 Å². The highest BCUT2D eigenvalue weighted by Crippen LogP contribution is 2.14. The second-order valence-corrected chi connectivity index (χ2v) is 5.83. The standard InChI is InChI=1S/C19H32N/c1-2-3-4-5-6-7-8-9-10-11-14-18-15-12-13-16-19(18)17-20/h12,15-16H,2-11,14,17,20H2,1H3. The molecule has 2 N–H and O–H groups in total. The molecule has 0 heterocycles. The Hall–Kier alpha value is -0.820. The quantitative estimate of drug-likeness (QED) is 0.507. The number of rotatable bonds is 12. The number of nitrogens with two attached hydrogens (primary N) is 1. The molecule has 113 valence electrons. The number of benzene rings is 1. The average Bonchev–Trinajstić information content (AvgIpc) is 2.49. The molecule has 0 saturated carbocycles. The van der Waals surface area contributed by atoms with Crippen molar-refractivity contribution >= 4 is 0 Å². The van der Waals surface area contributed by atoms with Crippen LogP contribution in [0.1, 0.15) is 82.3 Å². The minimum absolute atomic E-state index is 0.643. The van der Waals surface area contributed by atoms with Crippen molar-refractivity contribution in [1.82, 2.24) is 0 Å². The molecule has 1 aromatic rings. The zero-order valence-corrected chi connectivity index (χ0v) is 13.3. The fraction of sp³-hybridized carbons (Fsp3) is 0.684. The van der Waals surface area contributed by atoms with Gasteiger partial charge in [0.25, 0.3) is 0 Å². The third-order valence-electron chi connectivity index (χ3n) is 4.07. The Morgan fingerprint density at radius 1 is 0.850 bits per heavy atom. The maximum absolute atomic E-state index is 5.75. The van der Waals surface area contributed by atoms with Gasteiger partial charge >= 0.3 is 0 Å². The number of aryl methyl sites for hydroxylation is 1. The Morgan fingerprint density at radius 2 is 1.45 bits per heavy atom. The van der Waals surface area contributed by atoms with Crippen molar-refractivity contribution < 1.29 is 0 Å². The predicted octanol–water partition coefficient (Wildman–Crippen LogP) is 5.41. The number of hydrogen-bond donors (Lipinski definition) is 1. The summed E-state index contributed by atoms with van der Waals surface area (Å²) >= 11 is 0. The van der Waals surface area contributed by atoms with E-state index in [1.54, 1.807) is 0 Å². The molecule has 1 heteroatoms. The van der Waals surface area contributed by atoms with Crippen LogP contribution in [0.3, 0.4) is 0 Å². The van der Waals surface area contributed by atoms with E-state index in [1.165, 1.54) is 81.8 Å². The third-order valence-corrected chi connectivity index (χ3v) is 4.07. The van der Waals surface area contributed by atoms with Gasteiger partial charge in [0.2, 0.25) is 0 Å². The lowest BCUT2D eigenvalue weighted by atomic mass is 10.00. The molecule has 1 aromatic carbocycles. The lowest BCUT2D eigenvalue weighted by Gasteiger charge is -2.07. The van der Waals surface area contributed by atoms with E-state index in [-0.39, 0.29) is 0 Å². The molecule has 0 unspecified atom stereocenters. The van der Waals surface area contributed by atoms with Gasteiger partial charge in [-0.3, -0.25) is 0 Å². The van der Waals surface area contributed by atoms with Gasteiger partial charge in [0, 0.05) is 6.54 Å². The van der Waals surface area contributed by atoms with Crippen molar-refractivity contribution in [3.8, 4) is 0 Å². The van der Waals surface area contributed by atoms with Crippen LogP contribution in [0.25, 0.3) is 0 Å². The van der Waals surface area contributed by atoms with Crippen molar-refractivity contribution in [2.45, 2.75) is 84.1 Å². The van der Waals surface area contributed by atoms with E-state index < -0.39 is 0 Å². The molecule has 1 nitrogen and oxygen atoms in total. The van der Waals surface area contributed by atoms with Gasteiger partial charge < -0.3 is 5.73 Å². The topological polar surface area (TPSA) is 26.0 Å². The summed E-state index contributed by atoms with van der Waals surface area (Å²) in [5, 5.41) is 0. The van der Waals surface area contributed by atoms with Crippen LogP contribution in [0, 0.1) is 6.07 Å². The highest BCUT2D eigenvalue weighted by Gasteiger charge is 1.99. The molecule has 0 aliphatic carbocycles. The van der Waals surface area contributed by atoms with E-state index in [9.17, 15) is 0 Å². The van der Waals surface area contributed by atoms with E-state index in [2.05, 4.69) is 19.1 Å². The maximum atomic E-state index is 5.75. The molecule has 0 atom stereocenters. The van der Waals surface area contributed by atoms with E-state index in [1.807, 2.05) is 12.1 Å². The van der Waals surface area contributed by atoms with Crippen LogP contribution < -0.4 is 5.73 Å². The van der Waals surface area contributed by atoms with E-state index >= 15 is 0 Å². The van der Waals surface area contributed by atoms with Crippen molar-refractivity contribution in [2.75, 3.05) is 0 Å². The van der Waals surface area contributed by atoms with Crippen molar-refractivity contribution in [3.63, 3.8) is 0 Å². The summed E-state index contributed by atoms with van der Waals surface area (Å²) in [6.07, 6.45) is 15.1. The van der Waals surface area contributed by atoms with Gasteiger partial charge in [-0.15, -0.1) is 0 Å². The fourth-order valence-corrected chi connectivity index (χ4v) is 2.73. The number of unbranched alkanes of at least 4 members (excludes halogenated alkanes) is 9. The second kappa shape index (κ2) is 12.0. The lowest BCUT2D eigenvalue weighted by Crippen LogP contribution is -2.01. The van der Waals surface area contributed by atoms with E-state index in [0.29, 0.717) is 6.54 Å². The van der Waals surface area contributed by atoms with Gasteiger partial charge in [0.15, 0.2) is 0 Å². The van der Waals surface area contributed by atoms with Crippen LogP contribution in [0.5, 0.6) is 0 Å². The van der Waals surface area contributed by atoms with Gasteiger partial charge in [0.05, 0.1) is 0 Å². The predicted molar refractivity (Wildman–Crippen MR) is 88.7 cm³/mol. The number of hydrogen-bond acceptors (Lipinski definition) is 1. The summed E-state index contributed by atoms with van der Waals surface area (Å²) in [5.74, 6) is 0. The first-order valence-electron chi connectivity index (χ1n) is 8.56. The van der Waals surface area contributed by atoms with Crippen molar-refractivity contribution in [2.24, 2.45) is 5.73 Å². The van der Waals surface area contributed by atoms with Crippen LogP contribution >= 0.6 is 0 Å². The van der Waals surface area contributed by atoms with Gasteiger partial charge in [-0.25, -0.2) is 0 Å².